The molecule has 0 unspecified atom stereocenters. The van der Waals surface area contributed by atoms with Gasteiger partial charge in [0, 0.05) is 17.3 Å². The number of benzene rings is 2. The molecule has 0 saturated carbocycles. The molecule has 0 aliphatic heterocycles. The van der Waals surface area contributed by atoms with Crippen LogP contribution < -0.4 is 10.7 Å². The maximum Gasteiger partial charge on any atom is 0.280 e. The van der Waals surface area contributed by atoms with Crippen LogP contribution in [-0.2, 0) is 6.54 Å². The molecule has 1 N–H and O–H groups in total. The molecule has 0 aliphatic carbocycles. The first-order valence-corrected chi connectivity index (χ1v) is 7.96. The number of halogens is 1. The minimum Gasteiger partial charge on any atom is -0.320 e. The van der Waals surface area contributed by atoms with Gasteiger partial charge in [-0.25, -0.2) is 0 Å². The monoisotopic (exact) mass is 341 g/mol. The van der Waals surface area contributed by atoms with Gasteiger partial charge in [-0.2, -0.15) is 5.10 Å². The first kappa shape index (κ1) is 16.2. The zero-order valence-corrected chi connectivity index (χ0v) is 14.1. The minimum atomic E-state index is -0.534. The molecule has 24 heavy (non-hydrogen) atoms. The van der Waals surface area contributed by atoms with Gasteiger partial charge in [-0.1, -0.05) is 29.3 Å². The van der Waals surface area contributed by atoms with E-state index < -0.39 is 11.3 Å². The fourth-order valence-electron chi connectivity index (χ4n) is 2.48. The number of rotatable bonds is 3. The van der Waals surface area contributed by atoms with Gasteiger partial charge >= 0.3 is 0 Å². The fraction of sp³-hybridized carbons (Fsp3) is 0.167. The van der Waals surface area contributed by atoms with Crippen molar-refractivity contribution in [3.8, 4) is 0 Å². The summed E-state index contributed by atoms with van der Waals surface area (Å²) in [5, 5.41) is 7.75. The van der Waals surface area contributed by atoms with Crippen molar-refractivity contribution in [3.05, 3.63) is 69.0 Å². The quantitative estimate of drug-likeness (QED) is 0.791. The number of aromatic nitrogens is 2. The molecule has 1 heterocycles. The smallest absolute Gasteiger partial charge is 0.280 e. The van der Waals surface area contributed by atoms with Crippen LogP contribution in [0.1, 0.15) is 23.0 Å². The maximum absolute atomic E-state index is 12.6. The van der Waals surface area contributed by atoms with Crippen molar-refractivity contribution < 1.29 is 4.79 Å². The van der Waals surface area contributed by atoms with Crippen LogP contribution in [-0.4, -0.2) is 15.7 Å². The Labute approximate surface area is 143 Å². The molecule has 0 spiro atoms. The normalized spacial score (nSPS) is 10.8. The Hall–Kier alpha value is -2.66. The number of hydrogen-bond acceptors (Lipinski definition) is 3. The topological polar surface area (TPSA) is 64.0 Å². The molecule has 3 aromatic rings. The third kappa shape index (κ3) is 3.03. The van der Waals surface area contributed by atoms with E-state index in [0.717, 1.165) is 5.56 Å². The highest BCUT2D eigenvalue weighted by Crippen LogP contribution is 2.17. The number of nitrogens with zero attached hydrogens (tertiary/aromatic N) is 2. The second kappa shape index (κ2) is 6.45. The zero-order chi connectivity index (χ0) is 17.3. The van der Waals surface area contributed by atoms with Gasteiger partial charge in [0.15, 0.2) is 5.69 Å². The molecule has 0 aliphatic rings. The Morgan fingerprint density at radius 2 is 1.92 bits per heavy atom. The van der Waals surface area contributed by atoms with E-state index >= 15 is 0 Å². The zero-order valence-electron chi connectivity index (χ0n) is 13.3. The number of fused-ring (bicyclic) bond motifs is 1. The molecule has 5 nitrogen and oxygen atoms in total. The van der Waals surface area contributed by atoms with Gasteiger partial charge in [-0.05, 0) is 44.2 Å². The van der Waals surface area contributed by atoms with Crippen LogP contribution in [0.4, 0.5) is 5.69 Å². The predicted molar refractivity (Wildman–Crippen MR) is 95.8 cm³/mol. The predicted octanol–water partition coefficient (Wildman–Crippen LogP) is 3.63. The van der Waals surface area contributed by atoms with E-state index in [-0.39, 0.29) is 5.69 Å². The summed E-state index contributed by atoms with van der Waals surface area (Å²) < 4.78 is 1.62. The number of anilines is 1. The van der Waals surface area contributed by atoms with Crippen molar-refractivity contribution in [1.29, 1.82) is 0 Å². The number of hydrogen-bond donors (Lipinski definition) is 1. The Morgan fingerprint density at radius 3 is 2.58 bits per heavy atom. The number of carbonyl (C=O) groups is 1. The van der Waals surface area contributed by atoms with E-state index in [9.17, 15) is 9.59 Å². The first-order chi connectivity index (χ1) is 11.5. The highest BCUT2D eigenvalue weighted by Gasteiger charge is 2.17. The average molecular weight is 342 g/mol. The van der Waals surface area contributed by atoms with E-state index in [1.807, 2.05) is 26.0 Å². The average Bonchev–Trinajstić information content (AvgIpc) is 2.57. The van der Waals surface area contributed by atoms with Crippen LogP contribution in [0, 0.1) is 6.92 Å². The lowest BCUT2D eigenvalue weighted by Gasteiger charge is -2.11. The summed E-state index contributed by atoms with van der Waals surface area (Å²) in [5.41, 5.74) is 1.77. The molecule has 122 valence electrons. The van der Waals surface area contributed by atoms with Crippen molar-refractivity contribution in [1.82, 2.24) is 9.78 Å². The molecule has 0 atom stereocenters. The second-order valence-electron chi connectivity index (χ2n) is 5.48. The number of nitrogens with one attached hydrogen (secondary N) is 1. The van der Waals surface area contributed by atoms with Crippen LogP contribution in [0.15, 0.2) is 47.3 Å². The summed E-state index contributed by atoms with van der Waals surface area (Å²) in [6.45, 7) is 4.39. The molecule has 1 aromatic heterocycles. The van der Waals surface area contributed by atoms with Gasteiger partial charge in [0.25, 0.3) is 5.91 Å². The molecular formula is C18H16ClN3O2. The third-order valence-electron chi connectivity index (χ3n) is 3.74. The van der Waals surface area contributed by atoms with E-state index in [1.165, 1.54) is 0 Å². The Morgan fingerprint density at radius 1 is 1.21 bits per heavy atom. The summed E-state index contributed by atoms with van der Waals surface area (Å²) in [6.07, 6.45) is 0. The Kier molecular flexibility index (Phi) is 4.36. The summed E-state index contributed by atoms with van der Waals surface area (Å²) in [7, 11) is 0. The minimum absolute atomic E-state index is 0.146. The van der Waals surface area contributed by atoms with Crippen LogP contribution >= 0.6 is 11.6 Å². The lowest BCUT2D eigenvalue weighted by molar-refractivity contribution is 0.101. The maximum atomic E-state index is 12.6. The first-order valence-electron chi connectivity index (χ1n) is 7.58. The fourth-order valence-corrected chi connectivity index (χ4v) is 2.65. The standard InChI is InChI=1S/C18H16ClN3O2/c1-3-22-15-9-6-12(19)10-14(15)17(23)16(21-22)18(24)20-13-7-4-11(2)5-8-13/h4-10H,3H2,1-2H3,(H,20,24). The molecule has 0 saturated heterocycles. The van der Waals surface area contributed by atoms with Crippen molar-refractivity contribution >= 4 is 34.1 Å². The molecule has 1 amide bonds. The molecular weight excluding hydrogens is 326 g/mol. The van der Waals surface area contributed by atoms with Gasteiger partial charge in [0.05, 0.1) is 10.9 Å². The summed E-state index contributed by atoms with van der Waals surface area (Å²) in [6, 6.07) is 12.3. The molecule has 6 heteroatoms. The summed E-state index contributed by atoms with van der Waals surface area (Å²) in [4.78, 5) is 25.1. The Balaban J connectivity index is 2.08. The Bertz CT molecular complexity index is 978. The second-order valence-corrected chi connectivity index (χ2v) is 5.91. The largest absolute Gasteiger partial charge is 0.320 e. The van der Waals surface area contributed by atoms with Gasteiger partial charge in [0.2, 0.25) is 5.43 Å². The molecule has 0 fully saturated rings. The van der Waals surface area contributed by atoms with Gasteiger partial charge in [0.1, 0.15) is 0 Å². The molecule has 0 bridgehead atoms. The molecule has 3 rings (SSSR count). The van der Waals surface area contributed by atoms with Gasteiger partial charge in [-0.15, -0.1) is 0 Å². The summed E-state index contributed by atoms with van der Waals surface area (Å²) in [5.74, 6) is -0.534. The lowest BCUT2D eigenvalue weighted by atomic mass is 10.2. The summed E-state index contributed by atoms with van der Waals surface area (Å²) >= 11 is 5.99. The van der Waals surface area contributed by atoms with Gasteiger partial charge < -0.3 is 5.32 Å². The number of amides is 1. The van der Waals surface area contributed by atoms with Crippen molar-refractivity contribution in [2.45, 2.75) is 20.4 Å². The third-order valence-corrected chi connectivity index (χ3v) is 3.98. The van der Waals surface area contributed by atoms with E-state index in [0.29, 0.717) is 28.2 Å². The highest BCUT2D eigenvalue weighted by atomic mass is 35.5. The van der Waals surface area contributed by atoms with Crippen LogP contribution in [0.3, 0.4) is 0 Å². The van der Waals surface area contributed by atoms with Crippen molar-refractivity contribution in [2.24, 2.45) is 0 Å². The number of carbonyl (C=O) groups excluding carboxylic acids is 1. The van der Waals surface area contributed by atoms with E-state index in [1.54, 1.807) is 35.0 Å². The van der Waals surface area contributed by atoms with Crippen LogP contribution in [0.25, 0.3) is 10.9 Å². The van der Waals surface area contributed by atoms with Gasteiger partial charge in [-0.3, -0.25) is 14.3 Å². The van der Waals surface area contributed by atoms with Crippen molar-refractivity contribution in [2.75, 3.05) is 5.32 Å². The van der Waals surface area contributed by atoms with E-state index in [4.69, 9.17) is 11.6 Å². The SMILES string of the molecule is CCn1nc(C(=O)Nc2ccc(C)cc2)c(=O)c2cc(Cl)ccc21. The molecule has 0 radical (unpaired) electrons. The van der Waals surface area contributed by atoms with Crippen molar-refractivity contribution in [3.63, 3.8) is 0 Å². The number of aryl methyl sites for hydroxylation is 2. The van der Waals surface area contributed by atoms with Crippen LogP contribution in [0.2, 0.25) is 5.02 Å². The van der Waals surface area contributed by atoms with E-state index in [2.05, 4.69) is 10.4 Å². The highest BCUT2D eigenvalue weighted by molar-refractivity contribution is 6.31. The van der Waals surface area contributed by atoms with Crippen LogP contribution in [0.5, 0.6) is 0 Å². The lowest BCUT2D eigenvalue weighted by Crippen LogP contribution is -2.27. The molecule has 2 aromatic carbocycles.